The Morgan fingerprint density at radius 2 is 1.96 bits per heavy atom. The van der Waals surface area contributed by atoms with E-state index in [2.05, 4.69) is 25.9 Å². The van der Waals surface area contributed by atoms with Gasteiger partial charge in [0, 0.05) is 11.5 Å². The molecule has 0 aliphatic carbocycles. The minimum absolute atomic E-state index is 0.246. The summed E-state index contributed by atoms with van der Waals surface area (Å²) in [7, 11) is 3.13. The van der Waals surface area contributed by atoms with Gasteiger partial charge in [-0.25, -0.2) is 0 Å². The lowest BCUT2D eigenvalue weighted by Gasteiger charge is -2.20. The topological polar surface area (TPSA) is 100 Å². The summed E-state index contributed by atoms with van der Waals surface area (Å²) in [6, 6.07) is 13.1. The van der Waals surface area contributed by atoms with Crippen molar-refractivity contribution in [2.24, 2.45) is 0 Å². The van der Waals surface area contributed by atoms with Crippen molar-refractivity contribution in [1.29, 1.82) is 0 Å². The van der Waals surface area contributed by atoms with Crippen molar-refractivity contribution in [3.05, 3.63) is 59.4 Å². The largest absolute Gasteiger partial charge is 0.493 e. The van der Waals surface area contributed by atoms with E-state index in [0.717, 1.165) is 16.8 Å². The van der Waals surface area contributed by atoms with Gasteiger partial charge in [0.2, 0.25) is 5.91 Å². The van der Waals surface area contributed by atoms with E-state index < -0.39 is 5.92 Å². The third-order valence-electron chi connectivity index (χ3n) is 4.27. The van der Waals surface area contributed by atoms with Crippen molar-refractivity contribution < 1.29 is 14.3 Å². The van der Waals surface area contributed by atoms with Gasteiger partial charge in [-0.1, -0.05) is 30.3 Å². The molecule has 8 nitrogen and oxygen atoms in total. The molecule has 27 heavy (non-hydrogen) atoms. The number of carbonyl (C=O) groups is 1. The molecule has 2 aromatic carbocycles. The zero-order valence-electron chi connectivity index (χ0n) is 15.3. The van der Waals surface area contributed by atoms with E-state index in [1.165, 1.54) is 0 Å². The molecular formula is C19H20N5O3-. The molecular weight excluding hydrogens is 346 g/mol. The molecule has 0 bridgehead atoms. The van der Waals surface area contributed by atoms with Gasteiger partial charge in [-0.15, -0.1) is 0 Å². The number of ether oxygens (including phenoxy) is 2. The van der Waals surface area contributed by atoms with Gasteiger partial charge in [-0.3, -0.25) is 15.1 Å². The van der Waals surface area contributed by atoms with Crippen LogP contribution < -0.4 is 19.9 Å². The van der Waals surface area contributed by atoms with E-state index in [-0.39, 0.29) is 11.7 Å². The second-order valence-electron chi connectivity index (χ2n) is 5.95. The molecule has 1 atom stereocenters. The van der Waals surface area contributed by atoms with Crippen LogP contribution >= 0.6 is 0 Å². The Morgan fingerprint density at radius 1 is 1.15 bits per heavy atom. The van der Waals surface area contributed by atoms with Gasteiger partial charge in [0.15, 0.2) is 11.5 Å². The summed E-state index contributed by atoms with van der Waals surface area (Å²) in [6.07, 6.45) is 0.311. The molecule has 0 saturated carbocycles. The minimum atomic E-state index is -0.680. The van der Waals surface area contributed by atoms with Crippen LogP contribution in [0.3, 0.4) is 0 Å². The summed E-state index contributed by atoms with van der Waals surface area (Å²) in [4.78, 5) is 13.0. The van der Waals surface area contributed by atoms with Crippen molar-refractivity contribution >= 4 is 11.6 Å². The highest BCUT2D eigenvalue weighted by molar-refractivity contribution is 5.96. The maximum atomic E-state index is 13.0. The summed E-state index contributed by atoms with van der Waals surface area (Å²) < 4.78 is 10.8. The van der Waals surface area contributed by atoms with Crippen LogP contribution in [0.5, 0.6) is 11.5 Å². The van der Waals surface area contributed by atoms with Gasteiger partial charge in [0.1, 0.15) is 0 Å². The number of carbonyl (C=O) groups excluding carboxylic acids is 1. The SMILES string of the molecule is COc1cccc(C[C@@H](C(=O)Nc2ccccc2C)c2nnn[n-]2)c1OC. The number of benzene rings is 2. The minimum Gasteiger partial charge on any atom is -0.493 e. The van der Waals surface area contributed by atoms with Gasteiger partial charge in [0.25, 0.3) is 0 Å². The molecule has 0 unspecified atom stereocenters. The monoisotopic (exact) mass is 366 g/mol. The molecule has 0 aliphatic rings. The summed E-state index contributed by atoms with van der Waals surface area (Å²) in [5.74, 6) is 0.490. The van der Waals surface area contributed by atoms with Crippen LogP contribution in [-0.2, 0) is 11.2 Å². The average Bonchev–Trinajstić information content (AvgIpc) is 3.21. The number of rotatable bonds is 7. The highest BCUT2D eigenvalue weighted by Crippen LogP contribution is 2.34. The zero-order valence-corrected chi connectivity index (χ0v) is 15.3. The molecule has 1 heterocycles. The van der Waals surface area contributed by atoms with Gasteiger partial charge in [-0.05, 0) is 36.6 Å². The molecule has 0 aliphatic heterocycles. The molecule has 0 radical (unpaired) electrons. The van der Waals surface area contributed by atoms with E-state index in [9.17, 15) is 4.79 Å². The zero-order chi connectivity index (χ0) is 19.2. The van der Waals surface area contributed by atoms with Crippen molar-refractivity contribution in [3.63, 3.8) is 0 Å². The first-order valence-electron chi connectivity index (χ1n) is 8.39. The van der Waals surface area contributed by atoms with Crippen LogP contribution in [0.2, 0.25) is 0 Å². The smallest absolute Gasteiger partial charge is 0.232 e. The molecule has 3 aromatic rings. The van der Waals surface area contributed by atoms with Crippen LogP contribution in [0, 0.1) is 6.92 Å². The molecule has 0 fully saturated rings. The predicted molar refractivity (Wildman–Crippen MR) is 98.9 cm³/mol. The number of hydrogen-bond acceptors (Lipinski definition) is 6. The molecule has 3 rings (SSSR count). The molecule has 1 N–H and O–H groups in total. The third kappa shape index (κ3) is 4.05. The Balaban J connectivity index is 1.92. The Morgan fingerprint density at radius 3 is 2.63 bits per heavy atom. The number of tetrazole rings is 1. The van der Waals surface area contributed by atoms with Crippen molar-refractivity contribution in [3.8, 4) is 11.5 Å². The molecule has 8 heteroatoms. The van der Waals surface area contributed by atoms with Crippen molar-refractivity contribution in [1.82, 2.24) is 20.6 Å². The van der Waals surface area contributed by atoms with Crippen molar-refractivity contribution in [2.45, 2.75) is 19.3 Å². The quantitative estimate of drug-likeness (QED) is 0.683. The lowest BCUT2D eigenvalue weighted by Crippen LogP contribution is -2.25. The lowest BCUT2D eigenvalue weighted by atomic mass is 9.96. The number of amides is 1. The first-order valence-corrected chi connectivity index (χ1v) is 8.39. The normalized spacial score (nSPS) is 11.7. The fourth-order valence-electron chi connectivity index (χ4n) is 2.86. The number of aromatic nitrogens is 4. The molecule has 140 valence electrons. The fourth-order valence-corrected chi connectivity index (χ4v) is 2.86. The number of anilines is 1. The lowest BCUT2D eigenvalue weighted by molar-refractivity contribution is -0.117. The van der Waals surface area contributed by atoms with Crippen LogP contribution in [0.25, 0.3) is 0 Å². The van der Waals surface area contributed by atoms with Gasteiger partial charge in [0.05, 0.1) is 20.1 Å². The van der Waals surface area contributed by atoms with Gasteiger partial charge in [-0.2, -0.15) is 5.21 Å². The average molecular weight is 366 g/mol. The first-order chi connectivity index (χ1) is 13.1. The molecule has 0 saturated heterocycles. The molecule has 1 amide bonds. The van der Waals surface area contributed by atoms with Gasteiger partial charge >= 0.3 is 0 Å². The fraction of sp³-hybridized carbons (Fsp3) is 0.263. The van der Waals surface area contributed by atoms with Crippen LogP contribution in [0.4, 0.5) is 5.69 Å². The van der Waals surface area contributed by atoms with E-state index in [4.69, 9.17) is 9.47 Å². The Kier molecular flexibility index (Phi) is 5.65. The van der Waals surface area contributed by atoms with Crippen molar-refractivity contribution in [2.75, 3.05) is 19.5 Å². The number of methoxy groups -OCH3 is 2. The van der Waals surface area contributed by atoms with E-state index in [1.807, 2.05) is 43.3 Å². The highest BCUT2D eigenvalue weighted by atomic mass is 16.5. The maximum Gasteiger partial charge on any atom is 0.232 e. The van der Waals surface area contributed by atoms with Gasteiger partial charge < -0.3 is 19.9 Å². The molecule has 0 spiro atoms. The second-order valence-corrected chi connectivity index (χ2v) is 5.95. The number of aryl methyl sites for hydroxylation is 1. The number of hydrogen-bond donors (Lipinski definition) is 1. The maximum absolute atomic E-state index is 13.0. The van der Waals surface area contributed by atoms with E-state index in [0.29, 0.717) is 17.9 Å². The Bertz CT molecular complexity index is 911. The third-order valence-corrected chi connectivity index (χ3v) is 4.27. The summed E-state index contributed by atoms with van der Waals surface area (Å²) in [5, 5.41) is 17.8. The summed E-state index contributed by atoms with van der Waals surface area (Å²) >= 11 is 0. The molecule has 1 aromatic heterocycles. The summed E-state index contributed by atoms with van der Waals surface area (Å²) in [5.41, 5.74) is 2.49. The Labute approximate surface area is 156 Å². The summed E-state index contributed by atoms with van der Waals surface area (Å²) in [6.45, 7) is 1.93. The highest BCUT2D eigenvalue weighted by Gasteiger charge is 2.24. The van der Waals surface area contributed by atoms with Crippen LogP contribution in [-0.4, -0.2) is 35.7 Å². The number of para-hydroxylation sites is 2. The standard InChI is InChI=1S/C19H21N5O3/c1-12-7-4-5-9-15(12)20-19(25)14(18-21-23-24-22-18)11-13-8-6-10-16(26-2)17(13)27-3/h4-10,14H,11H2,1-3H3,(H2,20,21,22,23,24,25)/p-1/t14-/m1/s1. The Hall–Kier alpha value is -3.42. The van der Waals surface area contributed by atoms with E-state index >= 15 is 0 Å². The van der Waals surface area contributed by atoms with E-state index in [1.54, 1.807) is 20.3 Å². The van der Waals surface area contributed by atoms with Crippen LogP contribution in [0.15, 0.2) is 42.5 Å². The predicted octanol–water partition coefficient (Wildman–Crippen LogP) is 2.12. The second kappa shape index (κ2) is 8.31. The first kappa shape index (κ1) is 18.4. The number of nitrogens with one attached hydrogen (secondary N) is 1. The number of nitrogens with zero attached hydrogens (tertiary/aromatic N) is 4. The van der Waals surface area contributed by atoms with Crippen LogP contribution in [0.1, 0.15) is 22.9 Å².